The fraction of sp³-hybridized carbons (Fsp3) is 0.381. The number of rotatable bonds is 3. The van der Waals surface area contributed by atoms with Crippen molar-refractivity contribution in [3.8, 4) is 0 Å². The van der Waals surface area contributed by atoms with Crippen molar-refractivity contribution in [3.05, 3.63) is 59.9 Å². The normalized spacial score (nSPS) is 23.8. The number of amides is 1. The Morgan fingerprint density at radius 2 is 1.83 bits per heavy atom. The summed E-state index contributed by atoms with van der Waals surface area (Å²) in [6.07, 6.45) is 0.605. The molecule has 1 unspecified atom stereocenters. The van der Waals surface area contributed by atoms with Crippen LogP contribution in [0.2, 0.25) is 0 Å². The molecule has 2 aromatic carbocycles. The van der Waals surface area contributed by atoms with E-state index in [2.05, 4.69) is 0 Å². The van der Waals surface area contributed by atoms with Gasteiger partial charge >= 0.3 is 0 Å². The van der Waals surface area contributed by atoms with Crippen molar-refractivity contribution in [2.45, 2.75) is 23.8 Å². The van der Waals surface area contributed by atoms with Crippen LogP contribution < -0.4 is 4.90 Å². The Morgan fingerprint density at radius 1 is 1.07 bits per heavy atom. The average Bonchev–Trinajstić information content (AvgIpc) is 3.11. The van der Waals surface area contributed by atoms with E-state index in [1.807, 2.05) is 24.9 Å². The first-order valence-corrected chi connectivity index (χ1v) is 11.0. The number of halogens is 1. The molecule has 4 rings (SSSR count). The van der Waals surface area contributed by atoms with Gasteiger partial charge in [0.15, 0.2) is 0 Å². The molecule has 2 fully saturated rings. The van der Waals surface area contributed by atoms with Crippen molar-refractivity contribution in [2.75, 3.05) is 38.1 Å². The molecule has 154 valence electrons. The number of piperazine rings is 1. The first-order valence-electron chi connectivity index (χ1n) is 9.55. The highest BCUT2D eigenvalue weighted by molar-refractivity contribution is 7.89. The zero-order chi connectivity index (χ0) is 20.8. The predicted octanol–water partition coefficient (Wildman–Crippen LogP) is 2.25. The molecule has 8 heteroatoms. The van der Waals surface area contributed by atoms with Gasteiger partial charge in [0.05, 0.1) is 17.0 Å². The van der Waals surface area contributed by atoms with Gasteiger partial charge in [-0.1, -0.05) is 18.2 Å². The summed E-state index contributed by atoms with van der Waals surface area (Å²) in [4.78, 5) is 16.4. The van der Waals surface area contributed by atoms with Gasteiger partial charge in [-0.3, -0.25) is 9.69 Å². The van der Waals surface area contributed by atoms with Gasteiger partial charge in [0.25, 0.3) is 0 Å². The molecule has 0 N–H and O–H groups in total. The van der Waals surface area contributed by atoms with Gasteiger partial charge in [-0.2, -0.15) is 4.31 Å². The molecule has 2 aliphatic heterocycles. The SMILES string of the molecule is Cc1cccc(S(=O)(=O)N2CCC3(CN(c4cccc(F)c4)C(=O)CN3C)C2)c1. The zero-order valence-corrected chi connectivity index (χ0v) is 17.3. The highest BCUT2D eigenvalue weighted by Gasteiger charge is 2.50. The van der Waals surface area contributed by atoms with Crippen LogP contribution in [0.3, 0.4) is 0 Å². The Hall–Kier alpha value is -2.29. The van der Waals surface area contributed by atoms with Gasteiger partial charge in [-0.15, -0.1) is 0 Å². The number of benzene rings is 2. The van der Waals surface area contributed by atoms with E-state index in [-0.39, 0.29) is 17.3 Å². The van der Waals surface area contributed by atoms with Crippen molar-refractivity contribution >= 4 is 21.6 Å². The van der Waals surface area contributed by atoms with Crippen molar-refractivity contribution < 1.29 is 17.6 Å². The minimum Gasteiger partial charge on any atom is -0.309 e. The maximum absolute atomic E-state index is 13.7. The second-order valence-electron chi connectivity index (χ2n) is 7.95. The zero-order valence-electron chi connectivity index (χ0n) is 16.5. The number of sulfonamides is 1. The molecule has 1 amide bonds. The quantitative estimate of drug-likeness (QED) is 0.769. The molecule has 2 heterocycles. The van der Waals surface area contributed by atoms with Gasteiger partial charge in [-0.25, -0.2) is 12.8 Å². The van der Waals surface area contributed by atoms with E-state index in [0.29, 0.717) is 31.7 Å². The number of carbonyl (C=O) groups excluding carboxylic acids is 1. The van der Waals surface area contributed by atoms with E-state index < -0.39 is 21.4 Å². The lowest BCUT2D eigenvalue weighted by Gasteiger charge is -2.46. The van der Waals surface area contributed by atoms with Gasteiger partial charge < -0.3 is 4.90 Å². The summed E-state index contributed by atoms with van der Waals surface area (Å²) in [5.74, 6) is -0.526. The molecule has 0 saturated carbocycles. The number of hydrogen-bond acceptors (Lipinski definition) is 4. The van der Waals surface area contributed by atoms with Crippen LogP contribution in [-0.2, 0) is 14.8 Å². The Bertz CT molecular complexity index is 1060. The maximum atomic E-state index is 13.7. The van der Waals surface area contributed by atoms with E-state index in [0.717, 1.165) is 5.56 Å². The predicted molar refractivity (Wildman–Crippen MR) is 109 cm³/mol. The summed E-state index contributed by atoms with van der Waals surface area (Å²) in [7, 11) is -1.77. The fourth-order valence-electron chi connectivity index (χ4n) is 4.23. The lowest BCUT2D eigenvalue weighted by Crippen LogP contribution is -2.64. The molecule has 2 aliphatic rings. The maximum Gasteiger partial charge on any atom is 0.243 e. The van der Waals surface area contributed by atoms with Gasteiger partial charge in [-0.05, 0) is 56.3 Å². The molecule has 1 spiro atoms. The number of hydrogen-bond donors (Lipinski definition) is 0. The first-order chi connectivity index (χ1) is 13.7. The number of nitrogens with zero attached hydrogens (tertiary/aromatic N) is 3. The minimum absolute atomic E-state index is 0.122. The number of anilines is 1. The van der Waals surface area contributed by atoms with E-state index in [1.54, 1.807) is 35.2 Å². The van der Waals surface area contributed by atoms with Crippen LogP contribution in [0.1, 0.15) is 12.0 Å². The van der Waals surface area contributed by atoms with Crippen LogP contribution >= 0.6 is 0 Å². The topological polar surface area (TPSA) is 60.9 Å². The monoisotopic (exact) mass is 417 g/mol. The third-order valence-electron chi connectivity index (χ3n) is 5.98. The Kier molecular flexibility index (Phi) is 4.96. The number of likely N-dealkylation sites (N-methyl/N-ethyl adjacent to an activating group) is 1. The molecule has 2 saturated heterocycles. The fourth-order valence-corrected chi connectivity index (χ4v) is 5.85. The van der Waals surface area contributed by atoms with Crippen LogP contribution in [0, 0.1) is 12.7 Å². The van der Waals surface area contributed by atoms with Crippen molar-refractivity contribution in [2.24, 2.45) is 0 Å². The van der Waals surface area contributed by atoms with E-state index in [4.69, 9.17) is 0 Å². The largest absolute Gasteiger partial charge is 0.309 e. The lowest BCUT2D eigenvalue weighted by atomic mass is 9.92. The summed E-state index contributed by atoms with van der Waals surface area (Å²) in [5, 5.41) is 0. The van der Waals surface area contributed by atoms with Crippen LogP contribution in [0.5, 0.6) is 0 Å². The molecule has 0 bridgehead atoms. The van der Waals surface area contributed by atoms with Crippen molar-refractivity contribution in [3.63, 3.8) is 0 Å². The summed E-state index contributed by atoms with van der Waals surface area (Å²) < 4.78 is 41.5. The van der Waals surface area contributed by atoms with Crippen LogP contribution in [-0.4, -0.2) is 62.3 Å². The summed E-state index contributed by atoms with van der Waals surface area (Å²) >= 11 is 0. The third kappa shape index (κ3) is 3.56. The number of aryl methyl sites for hydroxylation is 1. The molecule has 0 aliphatic carbocycles. The molecular weight excluding hydrogens is 393 g/mol. The molecule has 2 aromatic rings. The third-order valence-corrected chi connectivity index (χ3v) is 7.82. The summed E-state index contributed by atoms with van der Waals surface area (Å²) in [6, 6.07) is 12.8. The highest BCUT2D eigenvalue weighted by atomic mass is 32.2. The van der Waals surface area contributed by atoms with Crippen LogP contribution in [0.4, 0.5) is 10.1 Å². The van der Waals surface area contributed by atoms with Crippen molar-refractivity contribution in [1.29, 1.82) is 0 Å². The van der Waals surface area contributed by atoms with E-state index >= 15 is 0 Å². The summed E-state index contributed by atoms with van der Waals surface area (Å²) in [5.41, 5.74) is 0.886. The Balaban J connectivity index is 1.62. The highest BCUT2D eigenvalue weighted by Crippen LogP contribution is 2.36. The van der Waals surface area contributed by atoms with Gasteiger partial charge in [0, 0.05) is 25.3 Å². The molecule has 1 atom stereocenters. The number of carbonyl (C=O) groups is 1. The standard InChI is InChI=1S/C21H24FN3O3S/c1-16-5-3-8-19(11-16)29(27,28)24-10-9-21(14-24)15-25(20(26)13-23(21)2)18-7-4-6-17(22)12-18/h3-8,11-12H,9-10,13-15H2,1-2H3. The molecule has 0 aromatic heterocycles. The molecule has 29 heavy (non-hydrogen) atoms. The van der Waals surface area contributed by atoms with Crippen LogP contribution in [0.25, 0.3) is 0 Å². The second-order valence-corrected chi connectivity index (χ2v) is 9.88. The first kappa shape index (κ1) is 20.0. The second kappa shape index (κ2) is 7.19. The van der Waals surface area contributed by atoms with Crippen molar-refractivity contribution in [1.82, 2.24) is 9.21 Å². The average molecular weight is 418 g/mol. The molecule has 0 radical (unpaired) electrons. The Morgan fingerprint density at radius 3 is 2.55 bits per heavy atom. The molecule has 6 nitrogen and oxygen atoms in total. The van der Waals surface area contributed by atoms with E-state index in [9.17, 15) is 17.6 Å². The van der Waals surface area contributed by atoms with Crippen LogP contribution in [0.15, 0.2) is 53.4 Å². The minimum atomic E-state index is -3.62. The van der Waals surface area contributed by atoms with E-state index in [1.165, 1.54) is 16.4 Å². The summed E-state index contributed by atoms with van der Waals surface area (Å²) in [6.45, 7) is 3.02. The lowest BCUT2D eigenvalue weighted by molar-refractivity contribution is -0.123. The molecular formula is C21H24FN3O3S. The van der Waals surface area contributed by atoms with Gasteiger partial charge in [0.2, 0.25) is 15.9 Å². The smallest absolute Gasteiger partial charge is 0.243 e. The van der Waals surface area contributed by atoms with Gasteiger partial charge in [0.1, 0.15) is 5.82 Å². The Labute approximate surface area is 170 Å².